The van der Waals surface area contributed by atoms with Gasteiger partial charge in [0.25, 0.3) is 0 Å². The van der Waals surface area contributed by atoms with Crippen LogP contribution in [0.25, 0.3) is 17.1 Å². The maximum absolute atomic E-state index is 12.9. The standard InChI is InChI=1S/C23H21N5O2S/c1-14-20(16(3)29)15(2)25-21(14)19(30)13-31-23-27-26-22(17-9-11-24-12-10-17)28(23)18-7-5-4-6-8-18/h4-12,25H,13H2,1-3H3. The van der Waals surface area contributed by atoms with E-state index in [4.69, 9.17) is 0 Å². The SMILES string of the molecule is CC(=O)c1c(C)[nH]c(C(=O)CSc2nnc(-c3ccncc3)n2-c2ccccc2)c1C. The molecule has 7 nitrogen and oxygen atoms in total. The van der Waals surface area contributed by atoms with Gasteiger partial charge in [-0.1, -0.05) is 30.0 Å². The van der Waals surface area contributed by atoms with Crippen molar-refractivity contribution < 1.29 is 9.59 Å². The predicted molar refractivity (Wildman–Crippen MR) is 120 cm³/mol. The van der Waals surface area contributed by atoms with Crippen molar-refractivity contribution in [1.82, 2.24) is 24.7 Å². The minimum Gasteiger partial charge on any atom is -0.355 e. The third-order valence-electron chi connectivity index (χ3n) is 4.99. The molecule has 1 aromatic carbocycles. The highest BCUT2D eigenvalue weighted by Gasteiger charge is 2.22. The lowest BCUT2D eigenvalue weighted by atomic mass is 10.1. The number of H-pyrrole nitrogens is 1. The second-order valence-corrected chi connectivity index (χ2v) is 8.05. The van der Waals surface area contributed by atoms with Crippen molar-refractivity contribution in [1.29, 1.82) is 0 Å². The number of pyridine rings is 1. The number of rotatable bonds is 7. The summed E-state index contributed by atoms with van der Waals surface area (Å²) >= 11 is 1.31. The maximum atomic E-state index is 12.9. The van der Waals surface area contributed by atoms with Gasteiger partial charge in [-0.15, -0.1) is 10.2 Å². The van der Waals surface area contributed by atoms with E-state index in [1.807, 2.05) is 47.0 Å². The Bertz CT molecular complexity index is 1250. The highest BCUT2D eigenvalue weighted by molar-refractivity contribution is 7.99. The number of ketones is 2. The number of hydrogen-bond donors (Lipinski definition) is 1. The summed E-state index contributed by atoms with van der Waals surface area (Å²) in [6, 6.07) is 13.5. The lowest BCUT2D eigenvalue weighted by Gasteiger charge is -2.10. The first-order valence-corrected chi connectivity index (χ1v) is 10.7. The molecule has 0 aliphatic carbocycles. The number of aromatic amines is 1. The molecule has 31 heavy (non-hydrogen) atoms. The predicted octanol–water partition coefficient (Wildman–Crippen LogP) is 4.45. The number of nitrogens with zero attached hydrogens (tertiary/aromatic N) is 4. The first kappa shape index (κ1) is 20.7. The van der Waals surface area contributed by atoms with Gasteiger partial charge in [0, 0.05) is 34.9 Å². The summed E-state index contributed by atoms with van der Waals surface area (Å²) in [5.74, 6) is 0.698. The molecule has 156 valence electrons. The molecule has 0 radical (unpaired) electrons. The molecule has 0 amide bonds. The van der Waals surface area contributed by atoms with Crippen molar-refractivity contribution in [2.45, 2.75) is 25.9 Å². The number of hydrogen-bond acceptors (Lipinski definition) is 6. The number of benzene rings is 1. The van der Waals surface area contributed by atoms with E-state index < -0.39 is 0 Å². The smallest absolute Gasteiger partial charge is 0.196 e. The molecule has 0 spiro atoms. The van der Waals surface area contributed by atoms with Crippen LogP contribution in [0.5, 0.6) is 0 Å². The summed E-state index contributed by atoms with van der Waals surface area (Å²) in [7, 11) is 0. The number of carbonyl (C=O) groups excluding carboxylic acids is 2. The normalized spacial score (nSPS) is 10.9. The average Bonchev–Trinajstić information content (AvgIpc) is 3.33. The van der Waals surface area contributed by atoms with Crippen molar-refractivity contribution in [2.75, 3.05) is 5.75 Å². The van der Waals surface area contributed by atoms with Crippen LogP contribution < -0.4 is 0 Å². The van der Waals surface area contributed by atoms with E-state index in [0.717, 1.165) is 11.3 Å². The minimum absolute atomic E-state index is 0.0521. The Balaban J connectivity index is 1.65. The van der Waals surface area contributed by atoms with Crippen LogP contribution in [0.4, 0.5) is 0 Å². The van der Waals surface area contributed by atoms with E-state index in [9.17, 15) is 9.59 Å². The molecule has 3 aromatic heterocycles. The fourth-order valence-corrected chi connectivity index (χ4v) is 4.44. The van der Waals surface area contributed by atoms with Gasteiger partial charge >= 0.3 is 0 Å². The van der Waals surface area contributed by atoms with Gasteiger partial charge in [0.15, 0.2) is 22.5 Å². The lowest BCUT2D eigenvalue weighted by molar-refractivity contribution is 0.101. The highest BCUT2D eigenvalue weighted by atomic mass is 32.2. The summed E-state index contributed by atoms with van der Waals surface area (Å²) in [6.07, 6.45) is 3.41. The van der Waals surface area contributed by atoms with Crippen LogP contribution in [0.1, 0.15) is 39.0 Å². The third-order valence-corrected chi connectivity index (χ3v) is 5.92. The Kier molecular flexibility index (Phi) is 5.81. The van der Waals surface area contributed by atoms with Crippen molar-refractivity contribution in [3.63, 3.8) is 0 Å². The molecule has 0 atom stereocenters. The lowest BCUT2D eigenvalue weighted by Crippen LogP contribution is -2.07. The quantitative estimate of drug-likeness (QED) is 0.343. The second kappa shape index (κ2) is 8.69. The molecule has 0 aliphatic rings. The molecule has 8 heteroatoms. The molecule has 0 bridgehead atoms. The van der Waals surface area contributed by atoms with E-state index in [-0.39, 0.29) is 17.3 Å². The monoisotopic (exact) mass is 431 g/mol. The molecule has 0 aliphatic heterocycles. The van der Waals surface area contributed by atoms with Gasteiger partial charge in [0.1, 0.15) is 0 Å². The molecule has 0 unspecified atom stereocenters. The Morgan fingerprint density at radius 1 is 1.03 bits per heavy atom. The molecule has 3 heterocycles. The van der Waals surface area contributed by atoms with Gasteiger partial charge in [-0.3, -0.25) is 19.1 Å². The summed E-state index contributed by atoms with van der Waals surface area (Å²) in [6.45, 7) is 5.11. The van der Waals surface area contributed by atoms with Crippen LogP contribution in [0.2, 0.25) is 0 Å². The van der Waals surface area contributed by atoms with Gasteiger partial charge in [0.05, 0.1) is 11.4 Å². The van der Waals surface area contributed by atoms with Crippen molar-refractivity contribution in [3.8, 4) is 17.1 Å². The zero-order valence-corrected chi connectivity index (χ0v) is 18.2. The third kappa shape index (κ3) is 4.06. The minimum atomic E-state index is -0.0915. The molecule has 4 rings (SSSR count). The number of carbonyl (C=O) groups is 2. The van der Waals surface area contributed by atoms with Crippen molar-refractivity contribution >= 4 is 23.3 Å². The zero-order chi connectivity index (χ0) is 22.0. The largest absolute Gasteiger partial charge is 0.355 e. The fraction of sp³-hybridized carbons (Fsp3) is 0.174. The summed E-state index contributed by atoms with van der Waals surface area (Å²) in [5, 5.41) is 9.33. The Morgan fingerprint density at radius 2 is 1.74 bits per heavy atom. The molecular weight excluding hydrogens is 410 g/mol. The fourth-order valence-electron chi connectivity index (χ4n) is 3.62. The second-order valence-electron chi connectivity index (χ2n) is 7.11. The van der Waals surface area contributed by atoms with E-state index in [0.29, 0.717) is 33.5 Å². The molecule has 1 N–H and O–H groups in total. The van der Waals surface area contributed by atoms with E-state index in [2.05, 4.69) is 20.2 Å². The van der Waals surface area contributed by atoms with Crippen LogP contribution in [0.15, 0.2) is 60.0 Å². The van der Waals surface area contributed by atoms with Crippen LogP contribution in [-0.4, -0.2) is 42.1 Å². The molecule has 4 aromatic rings. The summed E-state index contributed by atoms with van der Waals surface area (Å²) < 4.78 is 1.93. The van der Waals surface area contributed by atoms with Gasteiger partial charge in [-0.05, 0) is 50.6 Å². The summed E-state index contributed by atoms with van der Waals surface area (Å²) in [4.78, 5) is 31.9. The van der Waals surface area contributed by atoms with Crippen LogP contribution >= 0.6 is 11.8 Å². The van der Waals surface area contributed by atoms with E-state index >= 15 is 0 Å². The molecule has 0 fully saturated rings. The first-order valence-electron chi connectivity index (χ1n) is 9.74. The number of aromatic nitrogens is 5. The maximum Gasteiger partial charge on any atom is 0.196 e. The van der Waals surface area contributed by atoms with E-state index in [1.165, 1.54) is 18.7 Å². The Labute approximate surface area is 183 Å². The van der Waals surface area contributed by atoms with Gasteiger partial charge in [0.2, 0.25) is 0 Å². The van der Waals surface area contributed by atoms with Gasteiger partial charge < -0.3 is 4.98 Å². The highest BCUT2D eigenvalue weighted by Crippen LogP contribution is 2.28. The number of Topliss-reactive ketones (excluding diaryl/α,β-unsaturated/α-hetero) is 2. The molecule has 0 saturated carbocycles. The van der Waals surface area contributed by atoms with Crippen LogP contribution in [0, 0.1) is 13.8 Å². The van der Waals surface area contributed by atoms with Crippen LogP contribution in [0.3, 0.4) is 0 Å². The Hall–Kier alpha value is -3.52. The molecule has 0 saturated heterocycles. The summed E-state index contributed by atoms with van der Waals surface area (Å²) in [5.41, 5.74) is 4.24. The Morgan fingerprint density at radius 3 is 2.39 bits per heavy atom. The van der Waals surface area contributed by atoms with Crippen molar-refractivity contribution in [3.05, 3.63) is 77.4 Å². The van der Waals surface area contributed by atoms with Crippen LogP contribution in [-0.2, 0) is 0 Å². The zero-order valence-electron chi connectivity index (χ0n) is 17.4. The molecular formula is C23H21N5O2S. The van der Waals surface area contributed by atoms with E-state index in [1.54, 1.807) is 26.2 Å². The van der Waals surface area contributed by atoms with Gasteiger partial charge in [-0.25, -0.2) is 0 Å². The number of thioether (sulfide) groups is 1. The first-order chi connectivity index (χ1) is 15.0. The topological polar surface area (TPSA) is 93.5 Å². The number of aryl methyl sites for hydroxylation is 1. The van der Waals surface area contributed by atoms with Crippen molar-refractivity contribution in [2.24, 2.45) is 0 Å². The number of para-hydroxylation sites is 1. The average molecular weight is 432 g/mol. The number of nitrogens with one attached hydrogen (secondary N) is 1. The van der Waals surface area contributed by atoms with Gasteiger partial charge in [-0.2, -0.15) is 0 Å².